The van der Waals surface area contributed by atoms with Crippen LogP contribution >= 0.6 is 0 Å². The maximum absolute atomic E-state index is 11.5. The van der Waals surface area contributed by atoms with Crippen molar-refractivity contribution in [2.75, 3.05) is 6.61 Å². The highest BCUT2D eigenvalue weighted by Gasteiger charge is 2.27. The van der Waals surface area contributed by atoms with Crippen molar-refractivity contribution in [3.63, 3.8) is 0 Å². The Hall–Kier alpha value is -1.32. The molecule has 4 nitrogen and oxygen atoms in total. The number of esters is 1. The van der Waals surface area contributed by atoms with Crippen LogP contribution in [-0.2, 0) is 14.3 Å². The lowest BCUT2D eigenvalue weighted by molar-refractivity contribution is -0.148. The predicted octanol–water partition coefficient (Wildman–Crippen LogP) is 1.41. The fourth-order valence-electron chi connectivity index (χ4n) is 1.43. The molecule has 4 heteroatoms. The van der Waals surface area contributed by atoms with E-state index in [9.17, 15) is 9.59 Å². The van der Waals surface area contributed by atoms with Gasteiger partial charge in [0.1, 0.15) is 6.04 Å². The van der Waals surface area contributed by atoms with Crippen molar-refractivity contribution in [2.24, 2.45) is 5.92 Å². The molecule has 1 aliphatic carbocycles. The lowest BCUT2D eigenvalue weighted by Gasteiger charge is -2.25. The highest BCUT2D eigenvalue weighted by atomic mass is 16.5. The second-order valence-corrected chi connectivity index (χ2v) is 4.10. The zero-order chi connectivity index (χ0) is 12.0. The fraction of sp³-hybridized carbons (Fsp3) is 0.667. The average Bonchev–Trinajstić information content (AvgIpc) is 2.14. The van der Waals surface area contributed by atoms with Gasteiger partial charge in [-0.05, 0) is 26.2 Å². The molecule has 0 radical (unpaired) electrons. The molecule has 0 saturated heterocycles. The second-order valence-electron chi connectivity index (χ2n) is 4.10. The topological polar surface area (TPSA) is 55.4 Å². The number of ether oxygens (including phenoxy) is 1. The normalized spacial score (nSPS) is 17.1. The molecular weight excluding hydrogens is 206 g/mol. The summed E-state index contributed by atoms with van der Waals surface area (Å²) in [5.74, 6) is -0.308. The van der Waals surface area contributed by atoms with Gasteiger partial charge in [-0.25, -0.2) is 4.79 Å². The Bertz CT molecular complexity index is 271. The van der Waals surface area contributed by atoms with E-state index in [0.717, 1.165) is 19.3 Å². The van der Waals surface area contributed by atoms with Crippen LogP contribution < -0.4 is 5.32 Å². The summed E-state index contributed by atoms with van der Waals surface area (Å²) in [7, 11) is 0. The standard InChI is InChI=1S/C12H19NO3/c1-3-4-8-16-12(15)9(2)13-11(14)10-6-5-7-10/h3,9-10H,1,4-8H2,2H3,(H,13,14)/t9-/m0/s1. The third-order valence-electron chi connectivity index (χ3n) is 2.75. The van der Waals surface area contributed by atoms with E-state index in [1.807, 2.05) is 0 Å². The number of rotatable bonds is 6. The molecule has 1 rings (SSSR count). The molecule has 1 fully saturated rings. The highest BCUT2D eigenvalue weighted by molar-refractivity contribution is 5.85. The fourth-order valence-corrected chi connectivity index (χ4v) is 1.43. The average molecular weight is 225 g/mol. The van der Waals surface area contributed by atoms with Gasteiger partial charge in [-0.1, -0.05) is 12.5 Å². The highest BCUT2D eigenvalue weighted by Crippen LogP contribution is 2.26. The molecule has 1 amide bonds. The maximum Gasteiger partial charge on any atom is 0.328 e. The van der Waals surface area contributed by atoms with Gasteiger partial charge in [-0.3, -0.25) is 4.79 Å². The number of hydrogen-bond donors (Lipinski definition) is 1. The van der Waals surface area contributed by atoms with Crippen LogP contribution in [0.1, 0.15) is 32.6 Å². The van der Waals surface area contributed by atoms with E-state index in [1.165, 1.54) is 0 Å². The second kappa shape index (κ2) is 6.30. The molecule has 1 N–H and O–H groups in total. The van der Waals surface area contributed by atoms with Crippen LogP contribution in [0.2, 0.25) is 0 Å². The zero-order valence-electron chi connectivity index (χ0n) is 9.70. The van der Waals surface area contributed by atoms with Crippen molar-refractivity contribution in [3.8, 4) is 0 Å². The summed E-state index contributed by atoms with van der Waals surface area (Å²) in [5.41, 5.74) is 0. The van der Waals surface area contributed by atoms with Gasteiger partial charge in [0, 0.05) is 5.92 Å². The van der Waals surface area contributed by atoms with Crippen molar-refractivity contribution in [1.29, 1.82) is 0 Å². The molecule has 0 spiro atoms. The maximum atomic E-state index is 11.5. The van der Waals surface area contributed by atoms with Crippen LogP contribution in [0, 0.1) is 5.92 Å². The lowest BCUT2D eigenvalue weighted by Crippen LogP contribution is -2.44. The Balaban J connectivity index is 2.21. The van der Waals surface area contributed by atoms with Gasteiger partial charge in [0.25, 0.3) is 0 Å². The van der Waals surface area contributed by atoms with E-state index < -0.39 is 6.04 Å². The molecule has 16 heavy (non-hydrogen) atoms. The number of amides is 1. The summed E-state index contributed by atoms with van der Waals surface area (Å²) in [6.07, 6.45) is 5.30. The minimum Gasteiger partial charge on any atom is -0.464 e. The number of hydrogen-bond acceptors (Lipinski definition) is 3. The first-order valence-electron chi connectivity index (χ1n) is 5.73. The van der Waals surface area contributed by atoms with Gasteiger partial charge in [0.15, 0.2) is 0 Å². The van der Waals surface area contributed by atoms with Crippen LogP contribution in [0.4, 0.5) is 0 Å². The number of nitrogens with one attached hydrogen (secondary N) is 1. The van der Waals surface area contributed by atoms with Crippen molar-refractivity contribution in [2.45, 2.75) is 38.6 Å². The molecule has 0 aliphatic heterocycles. The Morgan fingerprint density at radius 2 is 2.25 bits per heavy atom. The lowest BCUT2D eigenvalue weighted by atomic mass is 9.84. The summed E-state index contributed by atoms with van der Waals surface area (Å²) < 4.78 is 4.95. The van der Waals surface area contributed by atoms with Crippen molar-refractivity contribution in [1.82, 2.24) is 5.32 Å². The molecular formula is C12H19NO3. The van der Waals surface area contributed by atoms with Crippen molar-refractivity contribution < 1.29 is 14.3 Å². The third-order valence-corrected chi connectivity index (χ3v) is 2.75. The minimum absolute atomic E-state index is 0.0283. The first-order valence-corrected chi connectivity index (χ1v) is 5.73. The first kappa shape index (κ1) is 12.7. The van der Waals surface area contributed by atoms with Gasteiger partial charge >= 0.3 is 5.97 Å². The van der Waals surface area contributed by atoms with Crippen LogP contribution in [0.5, 0.6) is 0 Å². The molecule has 0 heterocycles. The summed E-state index contributed by atoms with van der Waals surface area (Å²) in [4.78, 5) is 22.9. The molecule has 0 aromatic heterocycles. The Labute approximate surface area is 96.0 Å². The van der Waals surface area contributed by atoms with E-state index in [-0.39, 0.29) is 17.8 Å². The minimum atomic E-state index is -0.557. The van der Waals surface area contributed by atoms with E-state index in [0.29, 0.717) is 13.0 Å². The molecule has 1 aliphatic rings. The molecule has 0 unspecified atom stereocenters. The zero-order valence-corrected chi connectivity index (χ0v) is 9.70. The smallest absolute Gasteiger partial charge is 0.328 e. The van der Waals surface area contributed by atoms with E-state index in [2.05, 4.69) is 11.9 Å². The largest absolute Gasteiger partial charge is 0.464 e. The van der Waals surface area contributed by atoms with Crippen LogP contribution in [0.15, 0.2) is 12.7 Å². The van der Waals surface area contributed by atoms with Gasteiger partial charge in [0.05, 0.1) is 6.61 Å². The van der Waals surface area contributed by atoms with Crippen LogP contribution in [0.3, 0.4) is 0 Å². The van der Waals surface area contributed by atoms with Crippen LogP contribution in [-0.4, -0.2) is 24.5 Å². The summed E-state index contributed by atoms with van der Waals surface area (Å²) >= 11 is 0. The quantitative estimate of drug-likeness (QED) is 0.422. The molecule has 1 saturated carbocycles. The van der Waals surface area contributed by atoms with Gasteiger partial charge in [0.2, 0.25) is 5.91 Å². The van der Waals surface area contributed by atoms with E-state index in [1.54, 1.807) is 13.0 Å². The summed E-state index contributed by atoms with van der Waals surface area (Å²) in [6.45, 7) is 5.50. The third kappa shape index (κ3) is 3.68. The Morgan fingerprint density at radius 3 is 2.75 bits per heavy atom. The van der Waals surface area contributed by atoms with Gasteiger partial charge in [-0.2, -0.15) is 0 Å². The monoisotopic (exact) mass is 225 g/mol. The molecule has 0 aromatic carbocycles. The molecule has 0 bridgehead atoms. The van der Waals surface area contributed by atoms with Gasteiger partial charge in [-0.15, -0.1) is 6.58 Å². The summed E-state index contributed by atoms with van der Waals surface area (Å²) in [6, 6.07) is -0.557. The summed E-state index contributed by atoms with van der Waals surface area (Å²) in [5, 5.41) is 2.67. The van der Waals surface area contributed by atoms with E-state index in [4.69, 9.17) is 4.74 Å². The first-order chi connectivity index (χ1) is 7.65. The molecule has 90 valence electrons. The van der Waals surface area contributed by atoms with Crippen molar-refractivity contribution in [3.05, 3.63) is 12.7 Å². The predicted molar refractivity (Wildman–Crippen MR) is 60.7 cm³/mol. The molecule has 1 atom stereocenters. The van der Waals surface area contributed by atoms with E-state index >= 15 is 0 Å². The van der Waals surface area contributed by atoms with Gasteiger partial charge < -0.3 is 10.1 Å². The number of carbonyl (C=O) groups is 2. The van der Waals surface area contributed by atoms with Crippen LogP contribution in [0.25, 0.3) is 0 Å². The van der Waals surface area contributed by atoms with Crippen molar-refractivity contribution >= 4 is 11.9 Å². The Morgan fingerprint density at radius 1 is 1.56 bits per heavy atom. The molecule has 0 aromatic rings. The number of carbonyl (C=O) groups excluding carboxylic acids is 2. The Kier molecular flexibility index (Phi) is 5.02. The SMILES string of the molecule is C=CCCOC(=O)[C@H](C)NC(=O)C1CCC1.